The molecule has 0 unspecified atom stereocenters. The highest BCUT2D eigenvalue weighted by atomic mass is 16.3. The number of hydrogen-bond acceptors (Lipinski definition) is 2. The Labute approximate surface area is 160 Å². The van der Waals surface area contributed by atoms with Crippen LogP contribution >= 0.6 is 0 Å². The molecule has 4 aliphatic carbocycles. The Balaban J connectivity index is 1.56. The Bertz CT molecular complexity index is 554. The molecule has 2 heteroatoms. The summed E-state index contributed by atoms with van der Waals surface area (Å²) in [5.41, 5.74) is 2.47. The largest absolute Gasteiger partial charge is 0.396 e. The van der Waals surface area contributed by atoms with E-state index < -0.39 is 0 Å². The van der Waals surface area contributed by atoms with Crippen molar-refractivity contribution in [3.05, 3.63) is 11.6 Å². The third kappa shape index (κ3) is 2.82. The van der Waals surface area contributed by atoms with Crippen molar-refractivity contribution in [2.24, 2.45) is 40.4 Å². The van der Waals surface area contributed by atoms with E-state index in [1.54, 1.807) is 5.57 Å². The lowest BCUT2D eigenvalue weighted by Crippen LogP contribution is -2.50. The Kier molecular flexibility index (Phi) is 5.06. The number of hydrogen-bond donors (Lipinski definition) is 2. The zero-order valence-electron chi connectivity index (χ0n) is 17.2. The van der Waals surface area contributed by atoms with Crippen LogP contribution in [0.15, 0.2) is 11.6 Å². The van der Waals surface area contributed by atoms with Crippen molar-refractivity contribution >= 4 is 0 Å². The van der Waals surface area contributed by atoms with Crippen molar-refractivity contribution in [2.75, 3.05) is 6.61 Å². The van der Waals surface area contributed by atoms with Gasteiger partial charge in [0.1, 0.15) is 0 Å². The minimum Gasteiger partial charge on any atom is -0.396 e. The summed E-state index contributed by atoms with van der Waals surface area (Å²) in [6.45, 7) is 7.94. The smallest absolute Gasteiger partial charge is 0.0577 e. The highest BCUT2D eigenvalue weighted by Gasteiger charge is 2.58. The first-order valence-corrected chi connectivity index (χ1v) is 11.4. The van der Waals surface area contributed by atoms with Gasteiger partial charge in [-0.3, -0.25) is 0 Å². The van der Waals surface area contributed by atoms with Crippen LogP contribution in [0.1, 0.15) is 85.0 Å². The van der Waals surface area contributed by atoms with Crippen molar-refractivity contribution in [2.45, 2.75) is 91.1 Å². The fourth-order valence-corrected chi connectivity index (χ4v) is 8.23. The summed E-state index contributed by atoms with van der Waals surface area (Å²) in [5.74, 6) is 4.21. The third-order valence-corrected chi connectivity index (χ3v) is 9.66. The molecule has 0 spiro atoms. The second-order valence-corrected chi connectivity index (χ2v) is 10.7. The number of rotatable bonds is 4. The molecule has 0 heterocycles. The summed E-state index contributed by atoms with van der Waals surface area (Å²) >= 11 is 0. The first kappa shape index (κ1) is 19.0. The molecule has 2 nitrogen and oxygen atoms in total. The molecule has 4 rings (SSSR count). The SMILES string of the molecule is C[C@@H](CCCO)[C@@H]1CC[C@@H]2[C@H]3CC=C4C[C@@H](O)CC[C@]4(C)[C@@H]3CC[C@@]21C. The third-order valence-electron chi connectivity index (χ3n) is 9.66. The Hall–Kier alpha value is -0.340. The Morgan fingerprint density at radius 1 is 1.12 bits per heavy atom. The lowest BCUT2D eigenvalue weighted by atomic mass is 9.47. The van der Waals surface area contributed by atoms with Crippen LogP contribution in [0.2, 0.25) is 0 Å². The van der Waals surface area contributed by atoms with Gasteiger partial charge < -0.3 is 10.2 Å². The standard InChI is InChI=1S/C24H40O2/c1-16(5-4-14-25)20-8-9-21-19-7-6-17-15-18(26)10-12-23(17,2)22(19)11-13-24(20,21)3/h6,16,18-22,25-26H,4-5,7-15H2,1-3H3/t16-,18-,19+,20-,21+,22+,23-,24+/m0/s1. The van der Waals surface area contributed by atoms with Gasteiger partial charge >= 0.3 is 0 Å². The molecule has 0 amide bonds. The van der Waals surface area contributed by atoms with Gasteiger partial charge in [0.05, 0.1) is 6.10 Å². The van der Waals surface area contributed by atoms with Crippen LogP contribution in [0.25, 0.3) is 0 Å². The fraction of sp³-hybridized carbons (Fsp3) is 0.917. The zero-order chi connectivity index (χ0) is 18.5. The number of allylic oxidation sites excluding steroid dienone is 1. The predicted molar refractivity (Wildman–Crippen MR) is 107 cm³/mol. The molecule has 0 aromatic heterocycles. The van der Waals surface area contributed by atoms with Crippen LogP contribution in [0.3, 0.4) is 0 Å². The summed E-state index contributed by atoms with van der Waals surface area (Å²) < 4.78 is 0. The van der Waals surface area contributed by atoms with E-state index >= 15 is 0 Å². The highest BCUT2D eigenvalue weighted by molar-refractivity contribution is 5.25. The van der Waals surface area contributed by atoms with Crippen molar-refractivity contribution < 1.29 is 10.2 Å². The molecule has 0 aromatic rings. The van der Waals surface area contributed by atoms with Gasteiger partial charge in [0.25, 0.3) is 0 Å². The zero-order valence-corrected chi connectivity index (χ0v) is 17.2. The van der Waals surface area contributed by atoms with E-state index in [4.69, 9.17) is 0 Å². The summed E-state index contributed by atoms with van der Waals surface area (Å²) in [5, 5.41) is 19.4. The molecular weight excluding hydrogens is 320 g/mol. The fourth-order valence-electron chi connectivity index (χ4n) is 8.23. The minimum atomic E-state index is -0.0945. The van der Waals surface area contributed by atoms with Gasteiger partial charge in [-0.1, -0.05) is 32.4 Å². The molecule has 148 valence electrons. The molecule has 0 radical (unpaired) electrons. The van der Waals surface area contributed by atoms with Crippen LogP contribution in [-0.2, 0) is 0 Å². The van der Waals surface area contributed by atoms with Crippen LogP contribution in [0.4, 0.5) is 0 Å². The van der Waals surface area contributed by atoms with Gasteiger partial charge in [-0.25, -0.2) is 0 Å². The van der Waals surface area contributed by atoms with E-state index in [1.165, 1.54) is 44.9 Å². The van der Waals surface area contributed by atoms with Crippen LogP contribution in [0, 0.1) is 40.4 Å². The second-order valence-electron chi connectivity index (χ2n) is 10.7. The highest BCUT2D eigenvalue weighted by Crippen LogP contribution is 2.67. The summed E-state index contributed by atoms with van der Waals surface area (Å²) in [4.78, 5) is 0. The average Bonchev–Trinajstić information content (AvgIpc) is 2.97. The maximum Gasteiger partial charge on any atom is 0.0577 e. The van der Waals surface area contributed by atoms with E-state index in [0.717, 1.165) is 48.9 Å². The van der Waals surface area contributed by atoms with Gasteiger partial charge in [-0.2, -0.15) is 0 Å². The van der Waals surface area contributed by atoms with Crippen LogP contribution < -0.4 is 0 Å². The summed E-state index contributed by atoms with van der Waals surface area (Å²) in [7, 11) is 0. The molecule has 3 fully saturated rings. The first-order chi connectivity index (χ1) is 12.4. The molecule has 26 heavy (non-hydrogen) atoms. The van der Waals surface area contributed by atoms with Gasteiger partial charge in [-0.05, 0) is 105 Å². The molecule has 3 saturated carbocycles. The second kappa shape index (κ2) is 6.92. The molecule has 0 bridgehead atoms. The lowest BCUT2D eigenvalue weighted by Gasteiger charge is -2.58. The number of fused-ring (bicyclic) bond motifs is 5. The van der Waals surface area contributed by atoms with E-state index in [9.17, 15) is 10.2 Å². The van der Waals surface area contributed by atoms with Crippen molar-refractivity contribution in [1.82, 2.24) is 0 Å². The van der Waals surface area contributed by atoms with Gasteiger partial charge in [-0.15, -0.1) is 0 Å². The topological polar surface area (TPSA) is 40.5 Å². The van der Waals surface area contributed by atoms with Gasteiger partial charge in [0.15, 0.2) is 0 Å². The molecule has 0 aliphatic heterocycles. The Morgan fingerprint density at radius 3 is 2.69 bits per heavy atom. The minimum absolute atomic E-state index is 0.0945. The lowest BCUT2D eigenvalue weighted by molar-refractivity contribution is -0.0574. The van der Waals surface area contributed by atoms with Gasteiger partial charge in [0, 0.05) is 6.61 Å². The molecule has 4 aliphatic rings. The molecule has 2 N–H and O–H groups in total. The van der Waals surface area contributed by atoms with E-state index in [2.05, 4.69) is 26.8 Å². The molecular formula is C24H40O2. The number of aliphatic hydroxyl groups is 2. The number of aliphatic hydroxyl groups excluding tert-OH is 2. The van der Waals surface area contributed by atoms with Crippen LogP contribution in [-0.4, -0.2) is 22.9 Å². The first-order valence-electron chi connectivity index (χ1n) is 11.4. The molecule has 0 saturated heterocycles. The van der Waals surface area contributed by atoms with E-state index in [-0.39, 0.29) is 6.10 Å². The van der Waals surface area contributed by atoms with Crippen molar-refractivity contribution in [1.29, 1.82) is 0 Å². The quantitative estimate of drug-likeness (QED) is 0.665. The predicted octanol–water partition coefficient (Wildman–Crippen LogP) is 5.33. The molecule has 8 atom stereocenters. The molecule has 0 aromatic carbocycles. The van der Waals surface area contributed by atoms with E-state index in [0.29, 0.717) is 17.4 Å². The summed E-state index contributed by atoms with van der Waals surface area (Å²) in [6, 6.07) is 0. The average molecular weight is 361 g/mol. The van der Waals surface area contributed by atoms with Crippen LogP contribution in [0.5, 0.6) is 0 Å². The van der Waals surface area contributed by atoms with Crippen molar-refractivity contribution in [3.8, 4) is 0 Å². The maximum atomic E-state index is 10.2. The monoisotopic (exact) mass is 360 g/mol. The summed E-state index contributed by atoms with van der Waals surface area (Å²) in [6.07, 6.45) is 14.6. The normalized spacial score (nSPS) is 49.0. The van der Waals surface area contributed by atoms with Gasteiger partial charge in [0.2, 0.25) is 0 Å². The van der Waals surface area contributed by atoms with E-state index in [1.807, 2.05) is 0 Å². The Morgan fingerprint density at radius 2 is 1.92 bits per heavy atom. The maximum absolute atomic E-state index is 10.2. The van der Waals surface area contributed by atoms with Crippen molar-refractivity contribution in [3.63, 3.8) is 0 Å².